The van der Waals surface area contributed by atoms with E-state index in [2.05, 4.69) is 10.1 Å². The van der Waals surface area contributed by atoms with Crippen LogP contribution < -0.4 is 0 Å². The molecule has 3 rings (SSSR count). The summed E-state index contributed by atoms with van der Waals surface area (Å²) in [5.41, 5.74) is 6.57. The number of nitrogens with zero attached hydrogens (tertiary/aromatic N) is 2. The monoisotopic (exact) mass is 438 g/mol. The zero-order valence-electron chi connectivity index (χ0n) is 18.7. The number of aromatic nitrogens is 2. The van der Waals surface area contributed by atoms with Crippen molar-refractivity contribution >= 4 is 23.5 Å². The van der Waals surface area contributed by atoms with Gasteiger partial charge < -0.3 is 9.26 Å². The number of esters is 1. The van der Waals surface area contributed by atoms with Gasteiger partial charge >= 0.3 is 5.97 Å². The largest absolute Gasteiger partial charge is 0.457 e. The smallest absolute Gasteiger partial charge is 0.341 e. The van der Waals surface area contributed by atoms with Gasteiger partial charge in [0.25, 0.3) is 0 Å². The highest BCUT2D eigenvalue weighted by Gasteiger charge is 2.19. The van der Waals surface area contributed by atoms with Crippen LogP contribution in [0.15, 0.2) is 33.9 Å². The van der Waals surface area contributed by atoms with Gasteiger partial charge in [-0.25, -0.2) is 9.78 Å². The first-order valence-corrected chi connectivity index (χ1v) is 11.0. The lowest BCUT2D eigenvalue weighted by Crippen LogP contribution is -2.11. The number of aryl methyl sites for hydroxylation is 4. The maximum absolute atomic E-state index is 12.9. The molecule has 0 aliphatic carbocycles. The van der Waals surface area contributed by atoms with Crippen molar-refractivity contribution in [2.45, 2.75) is 58.9 Å². The Labute approximate surface area is 186 Å². The molecule has 0 fully saturated rings. The average molecular weight is 439 g/mol. The van der Waals surface area contributed by atoms with Crippen LogP contribution in [-0.2, 0) is 17.1 Å². The van der Waals surface area contributed by atoms with Gasteiger partial charge in [0, 0.05) is 23.1 Å². The van der Waals surface area contributed by atoms with Gasteiger partial charge in [-0.1, -0.05) is 11.2 Å². The molecule has 0 aliphatic heterocycles. The van der Waals surface area contributed by atoms with Crippen molar-refractivity contribution in [3.05, 3.63) is 74.8 Å². The number of rotatable bonds is 7. The van der Waals surface area contributed by atoms with E-state index < -0.39 is 5.97 Å². The number of carbonyl (C=O) groups is 2. The molecule has 0 spiro atoms. The molecule has 0 N–H and O–H groups in total. The fraction of sp³-hybridized carbons (Fsp3) is 0.333. The SMILES string of the molecule is CC(=O)c1c(C)cc(C)c(COC(=O)c2cccnc2SCc2c(C)noc2C)c1C. The van der Waals surface area contributed by atoms with E-state index in [0.717, 1.165) is 39.3 Å². The summed E-state index contributed by atoms with van der Waals surface area (Å²) < 4.78 is 10.8. The van der Waals surface area contributed by atoms with Gasteiger partial charge in [-0.3, -0.25) is 4.79 Å². The lowest BCUT2D eigenvalue weighted by Gasteiger charge is -2.16. The summed E-state index contributed by atoms with van der Waals surface area (Å²) in [6.45, 7) is 11.2. The molecule has 0 unspecified atom stereocenters. The molecule has 6 nitrogen and oxygen atoms in total. The van der Waals surface area contributed by atoms with E-state index in [9.17, 15) is 9.59 Å². The molecule has 0 radical (unpaired) electrons. The Bertz CT molecular complexity index is 1130. The molecule has 2 aromatic heterocycles. The first kappa shape index (κ1) is 22.7. The molecule has 0 atom stereocenters. The maximum atomic E-state index is 12.9. The van der Waals surface area contributed by atoms with E-state index in [4.69, 9.17) is 9.26 Å². The quantitative estimate of drug-likeness (QED) is 0.275. The highest BCUT2D eigenvalue weighted by atomic mass is 32.2. The number of thioether (sulfide) groups is 1. The van der Waals surface area contributed by atoms with E-state index in [1.54, 1.807) is 25.3 Å². The highest BCUT2D eigenvalue weighted by molar-refractivity contribution is 7.98. The second-order valence-electron chi connectivity index (χ2n) is 7.57. The third kappa shape index (κ3) is 4.88. The summed E-state index contributed by atoms with van der Waals surface area (Å²) in [4.78, 5) is 29.3. The molecular weight excluding hydrogens is 412 g/mol. The number of Topliss-reactive ketones (excluding diaryl/α,β-unsaturated/α-hetero) is 1. The van der Waals surface area contributed by atoms with Crippen LogP contribution in [0.3, 0.4) is 0 Å². The number of hydrogen-bond donors (Lipinski definition) is 0. The van der Waals surface area contributed by atoms with Crippen LogP contribution >= 0.6 is 11.8 Å². The Kier molecular flexibility index (Phi) is 6.95. The summed E-state index contributed by atoms with van der Waals surface area (Å²) >= 11 is 1.44. The number of carbonyl (C=O) groups excluding carboxylic acids is 2. The lowest BCUT2D eigenvalue weighted by atomic mass is 9.92. The van der Waals surface area contributed by atoms with Gasteiger partial charge in [0.15, 0.2) is 5.78 Å². The maximum Gasteiger partial charge on any atom is 0.341 e. The Morgan fingerprint density at radius 2 is 1.84 bits per heavy atom. The van der Waals surface area contributed by atoms with E-state index >= 15 is 0 Å². The van der Waals surface area contributed by atoms with Crippen molar-refractivity contribution in [1.29, 1.82) is 0 Å². The predicted molar refractivity (Wildman–Crippen MR) is 120 cm³/mol. The summed E-state index contributed by atoms with van der Waals surface area (Å²) in [6, 6.07) is 5.38. The van der Waals surface area contributed by atoms with Gasteiger partial charge in [-0.05, 0) is 75.9 Å². The standard InChI is InChI=1S/C24H26N2O4S/c1-13-10-14(2)22(17(5)27)15(3)20(13)11-29-24(28)19-8-7-9-25-23(19)31-12-21-16(4)26-30-18(21)6/h7-10H,11-12H2,1-6H3. The minimum Gasteiger partial charge on any atom is -0.457 e. The summed E-state index contributed by atoms with van der Waals surface area (Å²) in [7, 11) is 0. The first-order chi connectivity index (χ1) is 14.7. The van der Waals surface area contributed by atoms with Crippen LogP contribution in [0.25, 0.3) is 0 Å². The van der Waals surface area contributed by atoms with Crippen molar-refractivity contribution in [1.82, 2.24) is 10.1 Å². The number of ketones is 1. The van der Waals surface area contributed by atoms with E-state index in [1.165, 1.54) is 11.8 Å². The molecule has 162 valence electrons. The second-order valence-corrected chi connectivity index (χ2v) is 8.53. The zero-order chi connectivity index (χ0) is 22.7. The minimum absolute atomic E-state index is 0.00726. The van der Waals surface area contributed by atoms with Gasteiger partial charge in [-0.2, -0.15) is 0 Å². The van der Waals surface area contributed by atoms with Crippen molar-refractivity contribution in [3.8, 4) is 0 Å². The lowest BCUT2D eigenvalue weighted by molar-refractivity contribution is 0.0466. The van der Waals surface area contributed by atoms with Crippen molar-refractivity contribution in [2.75, 3.05) is 0 Å². The fourth-order valence-corrected chi connectivity index (χ4v) is 4.85. The Morgan fingerprint density at radius 1 is 1.10 bits per heavy atom. The summed E-state index contributed by atoms with van der Waals surface area (Å²) in [6.07, 6.45) is 1.65. The molecule has 0 saturated carbocycles. The van der Waals surface area contributed by atoms with E-state index in [0.29, 0.717) is 21.9 Å². The van der Waals surface area contributed by atoms with Crippen LogP contribution in [0.1, 0.15) is 66.9 Å². The number of hydrogen-bond acceptors (Lipinski definition) is 7. The molecule has 0 aliphatic rings. The topological polar surface area (TPSA) is 82.3 Å². The molecule has 3 aromatic rings. The molecule has 0 amide bonds. The van der Waals surface area contributed by atoms with Gasteiger partial charge in [0.1, 0.15) is 17.4 Å². The fourth-order valence-electron chi connectivity index (χ4n) is 3.72. The van der Waals surface area contributed by atoms with Gasteiger partial charge in [-0.15, -0.1) is 11.8 Å². The first-order valence-electron chi connectivity index (χ1n) is 9.98. The Hall–Kier alpha value is -2.93. The molecular formula is C24H26N2O4S. The number of benzene rings is 1. The molecule has 0 saturated heterocycles. The van der Waals surface area contributed by atoms with E-state index in [1.807, 2.05) is 40.7 Å². The minimum atomic E-state index is -0.446. The molecule has 31 heavy (non-hydrogen) atoms. The van der Waals surface area contributed by atoms with Crippen LogP contribution in [0.4, 0.5) is 0 Å². The molecule has 7 heteroatoms. The molecule has 2 heterocycles. The predicted octanol–water partition coefficient (Wildman–Crippen LogP) is 5.46. The van der Waals surface area contributed by atoms with Crippen LogP contribution in [-0.4, -0.2) is 21.9 Å². The summed E-state index contributed by atoms with van der Waals surface area (Å²) in [5, 5.41) is 4.56. The Morgan fingerprint density at radius 3 is 2.48 bits per heavy atom. The van der Waals surface area contributed by atoms with Crippen molar-refractivity contribution in [3.63, 3.8) is 0 Å². The average Bonchev–Trinajstić information content (AvgIpc) is 3.03. The molecule has 1 aromatic carbocycles. The van der Waals surface area contributed by atoms with Crippen molar-refractivity contribution in [2.24, 2.45) is 0 Å². The molecule has 0 bridgehead atoms. The highest BCUT2D eigenvalue weighted by Crippen LogP contribution is 2.28. The third-order valence-electron chi connectivity index (χ3n) is 5.36. The second kappa shape index (κ2) is 9.47. The third-order valence-corrected chi connectivity index (χ3v) is 6.39. The van der Waals surface area contributed by atoms with Crippen LogP contribution in [0.5, 0.6) is 0 Å². The van der Waals surface area contributed by atoms with Crippen LogP contribution in [0.2, 0.25) is 0 Å². The normalized spacial score (nSPS) is 10.9. The van der Waals surface area contributed by atoms with Crippen molar-refractivity contribution < 1.29 is 18.8 Å². The number of pyridine rings is 1. The summed E-state index contributed by atoms with van der Waals surface area (Å²) in [5.74, 6) is 0.916. The zero-order valence-corrected chi connectivity index (χ0v) is 19.5. The van der Waals surface area contributed by atoms with Crippen LogP contribution in [0, 0.1) is 34.6 Å². The number of ether oxygens (including phenoxy) is 1. The van der Waals surface area contributed by atoms with Gasteiger partial charge in [0.2, 0.25) is 0 Å². The Balaban J connectivity index is 1.78. The van der Waals surface area contributed by atoms with E-state index in [-0.39, 0.29) is 12.4 Å². The van der Waals surface area contributed by atoms with Gasteiger partial charge in [0.05, 0.1) is 11.3 Å².